The lowest BCUT2D eigenvalue weighted by molar-refractivity contribution is 0.00299. The highest BCUT2D eigenvalue weighted by Gasteiger charge is 2.30. The molecule has 0 saturated heterocycles. The molecular weight excluding hydrogens is 230 g/mol. The number of ether oxygens (including phenoxy) is 1. The Hall–Kier alpha value is -1.75. The minimum Gasteiger partial charge on any atom is -0.399 e. The topological polar surface area (TPSA) is 90.4 Å². The monoisotopic (exact) mass is 249 g/mol. The molecule has 1 aliphatic carbocycles. The second kappa shape index (κ2) is 5.27. The van der Waals surface area contributed by atoms with Gasteiger partial charge in [-0.3, -0.25) is 4.79 Å². The van der Waals surface area contributed by atoms with Crippen LogP contribution in [0.3, 0.4) is 0 Å². The molecule has 5 nitrogen and oxygen atoms in total. The van der Waals surface area contributed by atoms with Crippen LogP contribution in [0.1, 0.15) is 30.1 Å². The Bertz CT molecular complexity index is 442. The van der Waals surface area contributed by atoms with Crippen LogP contribution in [0.2, 0.25) is 0 Å². The van der Waals surface area contributed by atoms with Crippen LogP contribution in [0.15, 0.2) is 18.2 Å². The Balaban J connectivity index is 2.00. The molecule has 0 atom stereocenters. The largest absolute Gasteiger partial charge is 0.399 e. The van der Waals surface area contributed by atoms with Gasteiger partial charge in [0.05, 0.1) is 11.7 Å². The van der Waals surface area contributed by atoms with E-state index in [0.717, 1.165) is 25.1 Å². The van der Waals surface area contributed by atoms with Crippen LogP contribution < -0.4 is 16.8 Å². The molecule has 5 N–H and O–H groups in total. The van der Waals surface area contributed by atoms with Gasteiger partial charge in [-0.2, -0.15) is 0 Å². The van der Waals surface area contributed by atoms with Crippen molar-refractivity contribution in [3.05, 3.63) is 23.8 Å². The summed E-state index contributed by atoms with van der Waals surface area (Å²) in [6, 6.07) is 5.49. The van der Waals surface area contributed by atoms with E-state index in [1.807, 2.05) is 6.92 Å². The van der Waals surface area contributed by atoms with Gasteiger partial charge in [0.15, 0.2) is 0 Å². The summed E-state index contributed by atoms with van der Waals surface area (Å²) in [6.45, 7) is 2.73. The highest BCUT2D eigenvalue weighted by molar-refractivity contribution is 5.99. The first-order valence-corrected chi connectivity index (χ1v) is 6.17. The normalized spacial score (nSPS) is 22.3. The quantitative estimate of drug-likeness (QED) is 0.687. The van der Waals surface area contributed by atoms with Crippen LogP contribution in [0.25, 0.3) is 0 Å². The van der Waals surface area contributed by atoms with Crippen LogP contribution >= 0.6 is 0 Å². The van der Waals surface area contributed by atoms with Crippen LogP contribution in [0.4, 0.5) is 11.4 Å². The molecule has 1 aromatic carbocycles. The summed E-state index contributed by atoms with van der Waals surface area (Å²) in [5, 5.41) is 3.31. The number of carbonyl (C=O) groups is 1. The lowest BCUT2D eigenvalue weighted by atomic mass is 9.88. The molecule has 1 aromatic rings. The number of anilines is 2. The summed E-state index contributed by atoms with van der Waals surface area (Å²) in [4.78, 5) is 11.3. The SMILES string of the molecule is CCOC1CC(Nc2ccc(N)cc2C(N)=O)C1. The lowest BCUT2D eigenvalue weighted by Gasteiger charge is -2.36. The highest BCUT2D eigenvalue weighted by atomic mass is 16.5. The summed E-state index contributed by atoms with van der Waals surface area (Å²) < 4.78 is 5.49. The number of nitrogens with one attached hydrogen (secondary N) is 1. The predicted molar refractivity (Wildman–Crippen MR) is 71.4 cm³/mol. The minimum atomic E-state index is -0.467. The molecule has 0 unspecified atom stereocenters. The smallest absolute Gasteiger partial charge is 0.250 e. The standard InChI is InChI=1S/C13H19N3O2/c1-2-18-10-6-9(7-10)16-12-4-3-8(14)5-11(12)13(15)17/h3-5,9-10,16H,2,6-7,14H2,1H3,(H2,15,17). The fraction of sp³-hybridized carbons (Fsp3) is 0.462. The number of hydrogen-bond acceptors (Lipinski definition) is 4. The fourth-order valence-corrected chi connectivity index (χ4v) is 2.17. The Kier molecular flexibility index (Phi) is 3.72. The van der Waals surface area contributed by atoms with Crippen molar-refractivity contribution >= 4 is 17.3 Å². The molecule has 0 radical (unpaired) electrons. The Morgan fingerprint density at radius 3 is 2.83 bits per heavy atom. The third kappa shape index (κ3) is 2.73. The molecule has 0 spiro atoms. The molecular formula is C13H19N3O2. The van der Waals surface area contributed by atoms with Gasteiger partial charge in [0.2, 0.25) is 0 Å². The molecule has 5 heteroatoms. The van der Waals surface area contributed by atoms with Gasteiger partial charge in [-0.1, -0.05) is 0 Å². The number of nitrogens with two attached hydrogens (primary N) is 2. The van der Waals surface area contributed by atoms with E-state index in [2.05, 4.69) is 5.32 Å². The zero-order valence-corrected chi connectivity index (χ0v) is 10.5. The van der Waals surface area contributed by atoms with Crippen LogP contribution in [-0.2, 0) is 4.74 Å². The first-order chi connectivity index (χ1) is 8.60. The van der Waals surface area contributed by atoms with E-state index in [9.17, 15) is 4.79 Å². The van der Waals surface area contributed by atoms with E-state index in [-0.39, 0.29) is 0 Å². The molecule has 1 aliphatic rings. The molecule has 1 saturated carbocycles. The Labute approximate surface area is 106 Å². The number of carbonyl (C=O) groups excluding carboxylic acids is 1. The first-order valence-electron chi connectivity index (χ1n) is 6.17. The number of amides is 1. The van der Waals surface area contributed by atoms with Gasteiger partial charge in [0, 0.05) is 24.0 Å². The molecule has 98 valence electrons. The zero-order valence-electron chi connectivity index (χ0n) is 10.5. The lowest BCUT2D eigenvalue weighted by Crippen LogP contribution is -2.41. The summed E-state index contributed by atoms with van der Waals surface area (Å²) in [5.41, 5.74) is 12.7. The van der Waals surface area contributed by atoms with Gasteiger partial charge < -0.3 is 21.5 Å². The maximum atomic E-state index is 11.3. The molecule has 2 rings (SSSR count). The van der Waals surface area contributed by atoms with Crippen LogP contribution in [0, 0.1) is 0 Å². The molecule has 0 bridgehead atoms. The van der Waals surface area contributed by atoms with E-state index in [0.29, 0.717) is 23.4 Å². The maximum absolute atomic E-state index is 11.3. The van der Waals surface area contributed by atoms with Gasteiger partial charge in [0.25, 0.3) is 5.91 Å². The third-order valence-corrected chi connectivity index (χ3v) is 3.17. The van der Waals surface area contributed by atoms with Crippen molar-refractivity contribution in [1.29, 1.82) is 0 Å². The van der Waals surface area contributed by atoms with E-state index >= 15 is 0 Å². The second-order valence-corrected chi connectivity index (χ2v) is 4.56. The summed E-state index contributed by atoms with van der Waals surface area (Å²) in [5.74, 6) is -0.467. The van der Waals surface area contributed by atoms with E-state index in [1.54, 1.807) is 18.2 Å². The number of benzene rings is 1. The molecule has 0 aliphatic heterocycles. The molecule has 0 aromatic heterocycles. The number of primary amides is 1. The van der Waals surface area contributed by atoms with E-state index < -0.39 is 5.91 Å². The van der Waals surface area contributed by atoms with Crippen molar-refractivity contribution in [2.24, 2.45) is 5.73 Å². The van der Waals surface area contributed by atoms with Crippen molar-refractivity contribution in [2.45, 2.75) is 31.9 Å². The number of rotatable bonds is 5. The summed E-state index contributed by atoms with van der Waals surface area (Å²) in [6.07, 6.45) is 2.24. The number of nitrogen functional groups attached to an aromatic ring is 1. The molecule has 1 fully saturated rings. The van der Waals surface area contributed by atoms with Crippen molar-refractivity contribution in [2.75, 3.05) is 17.7 Å². The molecule has 1 amide bonds. The first kappa shape index (κ1) is 12.7. The number of hydrogen-bond donors (Lipinski definition) is 3. The Morgan fingerprint density at radius 2 is 2.22 bits per heavy atom. The van der Waals surface area contributed by atoms with Gasteiger partial charge in [-0.25, -0.2) is 0 Å². The third-order valence-electron chi connectivity index (χ3n) is 3.17. The minimum absolute atomic E-state index is 0.332. The molecule has 0 heterocycles. The van der Waals surface area contributed by atoms with Crippen molar-refractivity contribution < 1.29 is 9.53 Å². The second-order valence-electron chi connectivity index (χ2n) is 4.56. The van der Waals surface area contributed by atoms with Gasteiger partial charge >= 0.3 is 0 Å². The average molecular weight is 249 g/mol. The predicted octanol–water partition coefficient (Wildman–Crippen LogP) is 1.35. The fourth-order valence-electron chi connectivity index (χ4n) is 2.17. The van der Waals surface area contributed by atoms with Crippen molar-refractivity contribution in [1.82, 2.24) is 0 Å². The van der Waals surface area contributed by atoms with E-state index in [4.69, 9.17) is 16.2 Å². The molecule has 18 heavy (non-hydrogen) atoms. The maximum Gasteiger partial charge on any atom is 0.250 e. The summed E-state index contributed by atoms with van der Waals surface area (Å²) in [7, 11) is 0. The van der Waals surface area contributed by atoms with Gasteiger partial charge in [-0.05, 0) is 38.0 Å². The van der Waals surface area contributed by atoms with E-state index in [1.165, 1.54) is 0 Å². The average Bonchev–Trinajstić information content (AvgIpc) is 2.28. The zero-order chi connectivity index (χ0) is 13.1. The van der Waals surface area contributed by atoms with Gasteiger partial charge in [-0.15, -0.1) is 0 Å². The Morgan fingerprint density at radius 1 is 1.50 bits per heavy atom. The van der Waals surface area contributed by atoms with Crippen molar-refractivity contribution in [3.63, 3.8) is 0 Å². The van der Waals surface area contributed by atoms with Crippen LogP contribution in [0.5, 0.6) is 0 Å². The highest BCUT2D eigenvalue weighted by Crippen LogP contribution is 2.28. The van der Waals surface area contributed by atoms with Crippen molar-refractivity contribution in [3.8, 4) is 0 Å². The van der Waals surface area contributed by atoms with Crippen LogP contribution in [-0.4, -0.2) is 24.7 Å². The summed E-state index contributed by atoms with van der Waals surface area (Å²) >= 11 is 0. The van der Waals surface area contributed by atoms with Gasteiger partial charge in [0.1, 0.15) is 0 Å².